The van der Waals surface area contributed by atoms with E-state index in [0.717, 1.165) is 43.6 Å². The topological polar surface area (TPSA) is 56.0 Å². The van der Waals surface area contributed by atoms with E-state index < -0.39 is 0 Å². The summed E-state index contributed by atoms with van der Waals surface area (Å²) >= 11 is 0. The summed E-state index contributed by atoms with van der Waals surface area (Å²) in [7, 11) is 0. The van der Waals surface area contributed by atoms with Gasteiger partial charge in [-0.15, -0.1) is 0 Å². The molecule has 0 aliphatic carbocycles. The normalized spacial score (nSPS) is 17.4. The van der Waals surface area contributed by atoms with Gasteiger partial charge in [0.25, 0.3) is 5.91 Å². The molecule has 4 rings (SSSR count). The number of rotatable bonds is 5. The SMILES string of the molecule is O=C(c1ccc(Cn2ccnc2)cc1)N1CCCC[C@H]1Cn1cccn1. The summed E-state index contributed by atoms with van der Waals surface area (Å²) < 4.78 is 3.94. The summed E-state index contributed by atoms with van der Waals surface area (Å²) in [5.74, 6) is 0.121. The van der Waals surface area contributed by atoms with E-state index >= 15 is 0 Å². The van der Waals surface area contributed by atoms with Crippen LogP contribution in [0.4, 0.5) is 0 Å². The molecule has 0 unspecified atom stereocenters. The van der Waals surface area contributed by atoms with Gasteiger partial charge in [-0.25, -0.2) is 4.98 Å². The largest absolute Gasteiger partial charge is 0.334 e. The molecule has 3 heterocycles. The Balaban J connectivity index is 1.46. The molecule has 6 nitrogen and oxygen atoms in total. The summed E-state index contributed by atoms with van der Waals surface area (Å²) in [4.78, 5) is 19.1. The molecule has 1 aromatic carbocycles. The maximum absolute atomic E-state index is 13.0. The Morgan fingerprint density at radius 2 is 2.00 bits per heavy atom. The summed E-state index contributed by atoms with van der Waals surface area (Å²) in [5.41, 5.74) is 1.91. The minimum atomic E-state index is 0.121. The number of piperidine rings is 1. The van der Waals surface area contributed by atoms with Crippen molar-refractivity contribution in [3.8, 4) is 0 Å². The molecule has 0 N–H and O–H groups in total. The Labute approximate surface area is 153 Å². The molecule has 1 aliphatic rings. The monoisotopic (exact) mass is 349 g/mol. The first-order valence-electron chi connectivity index (χ1n) is 9.13. The van der Waals surface area contributed by atoms with Gasteiger partial charge in [0.2, 0.25) is 0 Å². The molecule has 2 aromatic heterocycles. The van der Waals surface area contributed by atoms with Crippen molar-refractivity contribution in [1.29, 1.82) is 0 Å². The summed E-state index contributed by atoms with van der Waals surface area (Å²) in [6.07, 6.45) is 12.5. The maximum Gasteiger partial charge on any atom is 0.254 e. The highest BCUT2D eigenvalue weighted by molar-refractivity contribution is 5.94. The number of likely N-dealkylation sites (tertiary alicyclic amines) is 1. The van der Waals surface area contributed by atoms with Crippen molar-refractivity contribution in [2.45, 2.75) is 38.4 Å². The van der Waals surface area contributed by atoms with Crippen LogP contribution in [0.1, 0.15) is 35.2 Å². The molecule has 1 aliphatic heterocycles. The molecule has 3 aromatic rings. The zero-order valence-corrected chi connectivity index (χ0v) is 14.7. The van der Waals surface area contributed by atoms with Crippen molar-refractivity contribution in [3.63, 3.8) is 0 Å². The van der Waals surface area contributed by atoms with E-state index in [9.17, 15) is 4.79 Å². The fraction of sp³-hybridized carbons (Fsp3) is 0.350. The van der Waals surface area contributed by atoms with E-state index in [4.69, 9.17) is 0 Å². The van der Waals surface area contributed by atoms with Crippen LogP contribution in [0.15, 0.2) is 61.4 Å². The maximum atomic E-state index is 13.0. The van der Waals surface area contributed by atoms with Gasteiger partial charge in [-0.3, -0.25) is 9.48 Å². The van der Waals surface area contributed by atoms with Gasteiger partial charge < -0.3 is 9.47 Å². The first-order chi connectivity index (χ1) is 12.8. The Hall–Kier alpha value is -2.89. The summed E-state index contributed by atoms with van der Waals surface area (Å²) in [5, 5.41) is 4.30. The Morgan fingerprint density at radius 3 is 2.73 bits per heavy atom. The van der Waals surface area contributed by atoms with Gasteiger partial charge >= 0.3 is 0 Å². The first kappa shape index (κ1) is 16.6. The molecule has 26 heavy (non-hydrogen) atoms. The highest BCUT2D eigenvalue weighted by Gasteiger charge is 2.27. The first-order valence-corrected chi connectivity index (χ1v) is 9.13. The lowest BCUT2D eigenvalue weighted by Gasteiger charge is -2.35. The van der Waals surface area contributed by atoms with E-state index in [1.807, 2.05) is 56.9 Å². The lowest BCUT2D eigenvalue weighted by molar-refractivity contribution is 0.0584. The van der Waals surface area contributed by atoms with Gasteiger partial charge in [0.15, 0.2) is 0 Å². The number of hydrogen-bond acceptors (Lipinski definition) is 3. The van der Waals surface area contributed by atoms with Crippen molar-refractivity contribution in [2.75, 3.05) is 6.54 Å². The van der Waals surface area contributed by atoms with Crippen LogP contribution in [-0.2, 0) is 13.1 Å². The molecule has 134 valence electrons. The zero-order valence-electron chi connectivity index (χ0n) is 14.7. The molecule has 1 atom stereocenters. The molecule has 0 saturated carbocycles. The Kier molecular flexibility index (Phi) is 4.82. The van der Waals surface area contributed by atoms with Gasteiger partial charge in [-0.05, 0) is 43.0 Å². The van der Waals surface area contributed by atoms with Crippen LogP contribution in [-0.4, -0.2) is 42.7 Å². The third-order valence-electron chi connectivity index (χ3n) is 4.97. The minimum absolute atomic E-state index is 0.121. The van der Waals surface area contributed by atoms with Crippen LogP contribution in [0.5, 0.6) is 0 Å². The van der Waals surface area contributed by atoms with E-state index in [-0.39, 0.29) is 11.9 Å². The molecule has 1 saturated heterocycles. The second kappa shape index (κ2) is 7.56. The van der Waals surface area contributed by atoms with Crippen LogP contribution in [0.25, 0.3) is 0 Å². The van der Waals surface area contributed by atoms with Crippen molar-refractivity contribution >= 4 is 5.91 Å². The number of hydrogen-bond donors (Lipinski definition) is 0. The highest BCUT2D eigenvalue weighted by Crippen LogP contribution is 2.21. The third-order valence-corrected chi connectivity index (χ3v) is 4.97. The predicted molar refractivity (Wildman–Crippen MR) is 98.7 cm³/mol. The number of carbonyl (C=O) groups excluding carboxylic acids is 1. The number of amides is 1. The van der Waals surface area contributed by atoms with E-state index in [1.54, 1.807) is 18.7 Å². The smallest absolute Gasteiger partial charge is 0.254 e. The third kappa shape index (κ3) is 3.69. The van der Waals surface area contributed by atoms with Gasteiger partial charge in [0, 0.05) is 43.4 Å². The average molecular weight is 349 g/mol. The van der Waals surface area contributed by atoms with E-state index in [1.165, 1.54) is 6.42 Å². The second-order valence-corrected chi connectivity index (χ2v) is 6.81. The molecule has 0 radical (unpaired) electrons. The summed E-state index contributed by atoms with van der Waals surface area (Å²) in [6.45, 7) is 2.35. The van der Waals surface area contributed by atoms with Crippen molar-refractivity contribution in [3.05, 3.63) is 72.6 Å². The second-order valence-electron chi connectivity index (χ2n) is 6.81. The molecule has 1 fully saturated rings. The van der Waals surface area contributed by atoms with Crippen LogP contribution >= 0.6 is 0 Å². The van der Waals surface area contributed by atoms with Crippen molar-refractivity contribution < 1.29 is 4.79 Å². The number of benzene rings is 1. The number of imidazole rings is 1. The molecule has 1 amide bonds. The number of carbonyl (C=O) groups is 1. The Bertz CT molecular complexity index is 824. The van der Waals surface area contributed by atoms with Gasteiger partial charge in [0.05, 0.1) is 18.9 Å². The van der Waals surface area contributed by atoms with E-state index in [0.29, 0.717) is 0 Å². The van der Waals surface area contributed by atoms with Crippen LogP contribution in [0.3, 0.4) is 0 Å². The summed E-state index contributed by atoms with van der Waals surface area (Å²) in [6, 6.07) is 10.1. The highest BCUT2D eigenvalue weighted by atomic mass is 16.2. The lowest BCUT2D eigenvalue weighted by Crippen LogP contribution is -2.45. The number of nitrogens with zero attached hydrogens (tertiary/aromatic N) is 5. The molecular formula is C20H23N5O. The van der Waals surface area contributed by atoms with Gasteiger partial charge in [-0.1, -0.05) is 12.1 Å². The predicted octanol–water partition coefficient (Wildman–Crippen LogP) is 2.82. The Morgan fingerprint density at radius 1 is 1.12 bits per heavy atom. The van der Waals surface area contributed by atoms with Gasteiger partial charge in [0.1, 0.15) is 0 Å². The van der Waals surface area contributed by atoms with Crippen molar-refractivity contribution in [2.24, 2.45) is 0 Å². The minimum Gasteiger partial charge on any atom is -0.334 e. The fourth-order valence-corrected chi connectivity index (χ4v) is 3.59. The quantitative estimate of drug-likeness (QED) is 0.712. The molecular weight excluding hydrogens is 326 g/mol. The fourth-order valence-electron chi connectivity index (χ4n) is 3.59. The zero-order chi connectivity index (χ0) is 17.8. The standard InChI is InChI=1S/C20H23N5O/c26-20(18-7-5-17(6-8-18)14-23-13-10-21-16-23)25-12-2-1-4-19(25)15-24-11-3-9-22-24/h3,5-11,13,16,19H,1-2,4,12,14-15H2/t19-/m0/s1. The molecule has 0 spiro atoms. The molecule has 6 heteroatoms. The molecule has 0 bridgehead atoms. The van der Waals surface area contributed by atoms with E-state index in [2.05, 4.69) is 10.1 Å². The van der Waals surface area contributed by atoms with Crippen LogP contribution in [0.2, 0.25) is 0 Å². The van der Waals surface area contributed by atoms with Crippen LogP contribution < -0.4 is 0 Å². The van der Waals surface area contributed by atoms with Crippen LogP contribution in [0, 0.1) is 0 Å². The lowest BCUT2D eigenvalue weighted by atomic mass is 10.0. The average Bonchev–Trinajstić information content (AvgIpc) is 3.37. The number of aromatic nitrogens is 4. The van der Waals surface area contributed by atoms with Gasteiger partial charge in [-0.2, -0.15) is 5.10 Å². The van der Waals surface area contributed by atoms with Crippen molar-refractivity contribution in [1.82, 2.24) is 24.2 Å².